The van der Waals surface area contributed by atoms with Gasteiger partial charge in [-0.25, -0.2) is 0 Å². The number of nitrogens with one attached hydrogen (secondary N) is 1. The smallest absolute Gasteiger partial charge is 0.227 e. The molecule has 2 rings (SSSR count). The van der Waals surface area contributed by atoms with Crippen LogP contribution in [0.25, 0.3) is 0 Å². The van der Waals surface area contributed by atoms with Gasteiger partial charge in [-0.3, -0.25) is 0 Å². The maximum atomic E-state index is 5.54. The van der Waals surface area contributed by atoms with Crippen molar-refractivity contribution in [2.75, 3.05) is 20.2 Å². The molecule has 21 heavy (non-hydrogen) atoms. The number of nitrogens with zero attached hydrogens (tertiary/aromatic N) is 2. The number of ether oxygens (including phenoxy) is 1. The van der Waals surface area contributed by atoms with Crippen LogP contribution in [0.5, 0.6) is 0 Å². The molecule has 5 heteroatoms. The van der Waals surface area contributed by atoms with E-state index in [2.05, 4.69) is 43.2 Å². The second-order valence-electron chi connectivity index (χ2n) is 7.32. The van der Waals surface area contributed by atoms with Crippen LogP contribution in [0.4, 0.5) is 0 Å². The summed E-state index contributed by atoms with van der Waals surface area (Å²) in [5.41, 5.74) is -0.0468. The minimum absolute atomic E-state index is 0.0468. The van der Waals surface area contributed by atoms with Crippen molar-refractivity contribution in [3.8, 4) is 0 Å². The van der Waals surface area contributed by atoms with Gasteiger partial charge in [0, 0.05) is 13.5 Å². The van der Waals surface area contributed by atoms with E-state index in [0.717, 1.165) is 25.4 Å². The standard InChI is InChI=1S/C16H29N3O2/c1-11(12-7-6-8-17-10-12)9-13-18-15(19-21-13)14(20-5)16(2,3)4/h11-12,14,17H,6-10H2,1-5H3. The Bertz CT molecular complexity index is 433. The van der Waals surface area contributed by atoms with Crippen LogP contribution in [-0.2, 0) is 11.2 Å². The third-order valence-corrected chi connectivity index (χ3v) is 4.38. The molecule has 3 atom stereocenters. The average molecular weight is 295 g/mol. The number of hydrogen-bond donors (Lipinski definition) is 1. The van der Waals surface area contributed by atoms with Crippen LogP contribution in [0.1, 0.15) is 58.4 Å². The van der Waals surface area contributed by atoms with Crippen LogP contribution >= 0.6 is 0 Å². The first-order valence-electron chi connectivity index (χ1n) is 7.97. The van der Waals surface area contributed by atoms with E-state index >= 15 is 0 Å². The maximum absolute atomic E-state index is 5.54. The van der Waals surface area contributed by atoms with Gasteiger partial charge < -0.3 is 14.6 Å². The third kappa shape index (κ3) is 4.27. The van der Waals surface area contributed by atoms with Crippen molar-refractivity contribution in [2.45, 2.75) is 53.1 Å². The number of hydrogen-bond acceptors (Lipinski definition) is 5. The van der Waals surface area contributed by atoms with Gasteiger partial charge in [0.15, 0.2) is 0 Å². The topological polar surface area (TPSA) is 60.2 Å². The van der Waals surface area contributed by atoms with Gasteiger partial charge in [-0.1, -0.05) is 32.9 Å². The second kappa shape index (κ2) is 6.88. The summed E-state index contributed by atoms with van der Waals surface area (Å²) in [7, 11) is 1.70. The van der Waals surface area contributed by atoms with Crippen LogP contribution in [0.3, 0.4) is 0 Å². The van der Waals surface area contributed by atoms with E-state index < -0.39 is 0 Å². The van der Waals surface area contributed by atoms with Crippen molar-refractivity contribution in [3.63, 3.8) is 0 Å². The molecule has 1 aliphatic rings. The Morgan fingerprint density at radius 3 is 2.76 bits per heavy atom. The van der Waals surface area contributed by atoms with Gasteiger partial charge in [0.1, 0.15) is 6.10 Å². The van der Waals surface area contributed by atoms with Crippen molar-refractivity contribution in [1.29, 1.82) is 0 Å². The van der Waals surface area contributed by atoms with Gasteiger partial charge in [0.05, 0.1) is 0 Å². The summed E-state index contributed by atoms with van der Waals surface area (Å²) in [6.07, 6.45) is 3.26. The molecule has 1 fully saturated rings. The average Bonchev–Trinajstić information content (AvgIpc) is 2.87. The van der Waals surface area contributed by atoms with Crippen LogP contribution < -0.4 is 5.32 Å². The molecule has 1 aliphatic heterocycles. The van der Waals surface area contributed by atoms with E-state index in [1.807, 2.05) is 0 Å². The highest BCUT2D eigenvalue weighted by molar-refractivity contribution is 4.97. The number of piperidine rings is 1. The van der Waals surface area contributed by atoms with Gasteiger partial charge in [-0.15, -0.1) is 0 Å². The Morgan fingerprint density at radius 1 is 1.43 bits per heavy atom. The normalized spacial score (nSPS) is 23.0. The largest absolute Gasteiger partial charge is 0.373 e. The number of methoxy groups -OCH3 is 1. The lowest BCUT2D eigenvalue weighted by Crippen LogP contribution is -2.33. The Morgan fingerprint density at radius 2 is 2.19 bits per heavy atom. The second-order valence-corrected chi connectivity index (χ2v) is 7.32. The lowest BCUT2D eigenvalue weighted by atomic mass is 9.85. The van der Waals surface area contributed by atoms with Crippen molar-refractivity contribution >= 4 is 0 Å². The minimum atomic E-state index is -0.137. The molecular formula is C16H29N3O2. The molecular weight excluding hydrogens is 266 g/mol. The zero-order chi connectivity index (χ0) is 15.5. The summed E-state index contributed by atoms with van der Waals surface area (Å²) in [5, 5.41) is 7.59. The Hall–Kier alpha value is -0.940. The van der Waals surface area contributed by atoms with Crippen LogP contribution in [0.2, 0.25) is 0 Å². The Kier molecular flexibility index (Phi) is 5.38. The van der Waals surface area contributed by atoms with E-state index in [0.29, 0.717) is 17.7 Å². The van der Waals surface area contributed by atoms with Crippen LogP contribution in [0.15, 0.2) is 4.52 Å². The molecule has 0 bridgehead atoms. The van der Waals surface area contributed by atoms with E-state index in [9.17, 15) is 0 Å². The van der Waals surface area contributed by atoms with Crippen LogP contribution in [-0.4, -0.2) is 30.3 Å². The Labute approximate surface area is 127 Å². The summed E-state index contributed by atoms with van der Waals surface area (Å²) in [6.45, 7) is 10.9. The molecule has 0 aliphatic carbocycles. The summed E-state index contributed by atoms with van der Waals surface area (Å²) in [5.74, 6) is 2.65. The van der Waals surface area contributed by atoms with Crippen molar-refractivity contribution in [2.24, 2.45) is 17.3 Å². The molecule has 0 aromatic carbocycles. The van der Waals surface area contributed by atoms with E-state index in [1.165, 1.54) is 12.8 Å². The molecule has 1 saturated heterocycles. The molecule has 0 spiro atoms. The molecule has 1 aromatic rings. The maximum Gasteiger partial charge on any atom is 0.227 e. The van der Waals surface area contributed by atoms with E-state index in [4.69, 9.17) is 9.26 Å². The first-order valence-corrected chi connectivity index (χ1v) is 7.97. The quantitative estimate of drug-likeness (QED) is 0.905. The monoisotopic (exact) mass is 295 g/mol. The molecule has 1 aromatic heterocycles. The number of aromatic nitrogens is 2. The minimum Gasteiger partial charge on any atom is -0.373 e. The molecule has 0 saturated carbocycles. The fraction of sp³-hybridized carbons (Fsp3) is 0.875. The van der Waals surface area contributed by atoms with E-state index in [-0.39, 0.29) is 11.5 Å². The predicted molar refractivity (Wildman–Crippen MR) is 82.0 cm³/mol. The summed E-state index contributed by atoms with van der Waals surface area (Å²) < 4.78 is 11.0. The lowest BCUT2D eigenvalue weighted by Gasteiger charge is -2.27. The lowest BCUT2D eigenvalue weighted by molar-refractivity contribution is 0.00718. The summed E-state index contributed by atoms with van der Waals surface area (Å²) in [6, 6.07) is 0. The third-order valence-electron chi connectivity index (χ3n) is 4.38. The first kappa shape index (κ1) is 16.4. The van der Waals surface area contributed by atoms with E-state index in [1.54, 1.807) is 7.11 Å². The van der Waals surface area contributed by atoms with Gasteiger partial charge in [0.2, 0.25) is 11.7 Å². The van der Waals surface area contributed by atoms with Crippen molar-refractivity contribution < 1.29 is 9.26 Å². The van der Waals surface area contributed by atoms with Crippen molar-refractivity contribution in [3.05, 3.63) is 11.7 Å². The predicted octanol–water partition coefficient (Wildman–Crippen LogP) is 2.98. The SMILES string of the molecule is COC(c1noc(CC(C)C2CCCNC2)n1)C(C)(C)C. The zero-order valence-corrected chi connectivity index (χ0v) is 14.0. The van der Waals surface area contributed by atoms with Crippen LogP contribution in [0, 0.1) is 17.3 Å². The summed E-state index contributed by atoms with van der Waals surface area (Å²) >= 11 is 0. The van der Waals surface area contributed by atoms with Gasteiger partial charge in [-0.05, 0) is 43.2 Å². The molecule has 3 unspecified atom stereocenters. The molecule has 5 nitrogen and oxygen atoms in total. The molecule has 0 amide bonds. The fourth-order valence-electron chi connectivity index (χ4n) is 3.11. The highest BCUT2D eigenvalue weighted by Gasteiger charge is 2.31. The highest BCUT2D eigenvalue weighted by Crippen LogP contribution is 2.34. The zero-order valence-electron chi connectivity index (χ0n) is 14.0. The van der Waals surface area contributed by atoms with Gasteiger partial charge in [0.25, 0.3) is 0 Å². The van der Waals surface area contributed by atoms with Gasteiger partial charge >= 0.3 is 0 Å². The molecule has 0 radical (unpaired) electrons. The molecule has 1 N–H and O–H groups in total. The molecule has 2 heterocycles. The van der Waals surface area contributed by atoms with Crippen molar-refractivity contribution in [1.82, 2.24) is 15.5 Å². The first-order chi connectivity index (χ1) is 9.91. The van der Waals surface area contributed by atoms with Gasteiger partial charge in [-0.2, -0.15) is 4.98 Å². The number of rotatable bonds is 5. The summed E-state index contributed by atoms with van der Waals surface area (Å²) in [4.78, 5) is 4.56. The molecule has 120 valence electrons. The highest BCUT2D eigenvalue weighted by atomic mass is 16.5. The fourth-order valence-corrected chi connectivity index (χ4v) is 3.11. The Balaban J connectivity index is 1.99.